The molecule has 0 aliphatic carbocycles. The molecule has 1 amide bonds. The van der Waals surface area contributed by atoms with Crippen LogP contribution in [-0.4, -0.2) is 39.2 Å². The van der Waals surface area contributed by atoms with E-state index in [-0.39, 0.29) is 17.2 Å². The summed E-state index contributed by atoms with van der Waals surface area (Å²) in [7, 11) is 0. The quantitative estimate of drug-likeness (QED) is 0.460. The second-order valence-corrected chi connectivity index (χ2v) is 8.92. The van der Waals surface area contributed by atoms with Gasteiger partial charge in [-0.1, -0.05) is 42.8 Å². The molecule has 3 aromatic rings. The van der Waals surface area contributed by atoms with Crippen LogP contribution in [0.3, 0.4) is 0 Å². The van der Waals surface area contributed by atoms with Gasteiger partial charge in [0.1, 0.15) is 0 Å². The number of fused-ring (bicyclic) bond motifs is 1. The van der Waals surface area contributed by atoms with Crippen molar-refractivity contribution in [3.8, 4) is 5.69 Å². The second kappa shape index (κ2) is 9.04. The Labute approximate surface area is 181 Å². The molecule has 0 N–H and O–H groups in total. The maximum Gasteiger partial charge on any atom is 0.266 e. The van der Waals surface area contributed by atoms with Crippen LogP contribution in [0.2, 0.25) is 0 Å². The van der Waals surface area contributed by atoms with Gasteiger partial charge in [0.05, 0.1) is 22.3 Å². The van der Waals surface area contributed by atoms with Crippen molar-refractivity contribution in [3.63, 3.8) is 0 Å². The summed E-state index contributed by atoms with van der Waals surface area (Å²) < 4.78 is 1.66. The summed E-state index contributed by atoms with van der Waals surface area (Å²) in [6, 6.07) is 13.5. The molecule has 0 radical (unpaired) electrons. The van der Waals surface area contributed by atoms with E-state index in [9.17, 15) is 9.59 Å². The fourth-order valence-electron chi connectivity index (χ4n) is 4.05. The fourth-order valence-corrected chi connectivity index (χ4v) is 4.97. The Morgan fingerprint density at radius 3 is 2.37 bits per heavy atom. The molecule has 5 nitrogen and oxygen atoms in total. The average Bonchev–Trinajstić information content (AvgIpc) is 3.01. The number of carbonyl (C=O) groups excluding carboxylic acids is 1. The van der Waals surface area contributed by atoms with E-state index < -0.39 is 0 Å². The van der Waals surface area contributed by atoms with Crippen molar-refractivity contribution >= 4 is 28.6 Å². The number of likely N-dealkylation sites (tertiary alicyclic amines) is 1. The molecule has 156 valence electrons. The number of hydrogen-bond acceptors (Lipinski definition) is 4. The third kappa shape index (κ3) is 4.43. The summed E-state index contributed by atoms with van der Waals surface area (Å²) in [5, 5.41) is 1.15. The SMILES string of the molecule is Cc1cc(C)cc(-n2c(SCC(=O)N3CCCCCC3)nc3ccccc3c2=O)c1. The fraction of sp³-hybridized carbons (Fsp3) is 0.375. The number of thioether (sulfide) groups is 1. The molecular weight excluding hydrogens is 394 g/mol. The smallest absolute Gasteiger partial charge is 0.266 e. The van der Waals surface area contributed by atoms with Crippen LogP contribution in [0.25, 0.3) is 16.6 Å². The Kier molecular flexibility index (Phi) is 6.23. The summed E-state index contributed by atoms with van der Waals surface area (Å²) in [4.78, 5) is 32.9. The van der Waals surface area contributed by atoms with Crippen molar-refractivity contribution in [1.82, 2.24) is 14.5 Å². The van der Waals surface area contributed by atoms with Gasteiger partial charge in [-0.3, -0.25) is 14.2 Å². The van der Waals surface area contributed by atoms with E-state index in [1.807, 2.05) is 49.1 Å². The number of benzene rings is 2. The molecule has 1 aliphatic rings. The first-order valence-corrected chi connectivity index (χ1v) is 11.5. The maximum atomic E-state index is 13.4. The third-order valence-corrected chi connectivity index (χ3v) is 6.42. The summed E-state index contributed by atoms with van der Waals surface area (Å²) >= 11 is 1.35. The van der Waals surface area contributed by atoms with Gasteiger partial charge in [-0.25, -0.2) is 4.98 Å². The molecule has 0 spiro atoms. The summed E-state index contributed by atoms with van der Waals surface area (Å²) in [6.45, 7) is 5.69. The number of amides is 1. The van der Waals surface area contributed by atoms with Crippen LogP contribution < -0.4 is 5.56 Å². The van der Waals surface area contributed by atoms with E-state index in [1.54, 1.807) is 10.6 Å². The molecule has 1 saturated heterocycles. The molecule has 0 bridgehead atoms. The van der Waals surface area contributed by atoms with Crippen molar-refractivity contribution < 1.29 is 4.79 Å². The zero-order valence-corrected chi connectivity index (χ0v) is 18.4. The van der Waals surface area contributed by atoms with Crippen LogP contribution in [0.4, 0.5) is 0 Å². The average molecular weight is 422 g/mol. The molecule has 2 aromatic carbocycles. The first kappa shape index (κ1) is 20.7. The van der Waals surface area contributed by atoms with Crippen molar-refractivity contribution in [2.45, 2.75) is 44.7 Å². The second-order valence-electron chi connectivity index (χ2n) is 7.98. The van der Waals surface area contributed by atoms with Gasteiger partial charge >= 0.3 is 0 Å². The molecule has 0 unspecified atom stereocenters. The lowest BCUT2D eigenvalue weighted by Crippen LogP contribution is -2.33. The number of para-hydroxylation sites is 1. The molecular formula is C24H27N3O2S. The van der Waals surface area contributed by atoms with Gasteiger partial charge in [-0.15, -0.1) is 0 Å². The highest BCUT2D eigenvalue weighted by atomic mass is 32.2. The van der Waals surface area contributed by atoms with Gasteiger partial charge in [-0.2, -0.15) is 0 Å². The van der Waals surface area contributed by atoms with E-state index in [0.29, 0.717) is 16.1 Å². The predicted octanol–water partition coefficient (Wildman–Crippen LogP) is 4.50. The van der Waals surface area contributed by atoms with Crippen LogP contribution in [-0.2, 0) is 4.79 Å². The molecule has 1 aromatic heterocycles. The lowest BCUT2D eigenvalue weighted by molar-refractivity contribution is -0.128. The first-order chi connectivity index (χ1) is 14.5. The topological polar surface area (TPSA) is 55.2 Å². The normalized spacial score (nSPS) is 14.7. The standard InChI is InChI=1S/C24H27N3O2S/c1-17-13-18(2)15-19(14-17)27-23(29)20-9-5-6-10-21(20)25-24(27)30-16-22(28)26-11-7-3-4-8-12-26/h5-6,9-10,13-15H,3-4,7-8,11-12,16H2,1-2H3. The molecule has 30 heavy (non-hydrogen) atoms. The van der Waals surface area contributed by atoms with E-state index in [0.717, 1.165) is 42.7 Å². The van der Waals surface area contributed by atoms with E-state index >= 15 is 0 Å². The number of aromatic nitrogens is 2. The zero-order chi connectivity index (χ0) is 21.1. The lowest BCUT2D eigenvalue weighted by Gasteiger charge is -2.20. The Morgan fingerprint density at radius 1 is 1.00 bits per heavy atom. The van der Waals surface area contributed by atoms with Gasteiger partial charge < -0.3 is 4.90 Å². The van der Waals surface area contributed by atoms with Crippen LogP contribution in [0.1, 0.15) is 36.8 Å². The minimum absolute atomic E-state index is 0.102. The number of nitrogens with zero attached hydrogens (tertiary/aromatic N) is 3. The van der Waals surface area contributed by atoms with Crippen LogP contribution in [0, 0.1) is 13.8 Å². The Morgan fingerprint density at radius 2 is 1.67 bits per heavy atom. The Balaban J connectivity index is 1.72. The van der Waals surface area contributed by atoms with E-state index in [4.69, 9.17) is 4.98 Å². The monoisotopic (exact) mass is 421 g/mol. The number of aryl methyl sites for hydroxylation is 2. The van der Waals surface area contributed by atoms with Crippen molar-refractivity contribution in [1.29, 1.82) is 0 Å². The summed E-state index contributed by atoms with van der Waals surface area (Å²) in [6.07, 6.45) is 4.51. The summed E-state index contributed by atoms with van der Waals surface area (Å²) in [5.74, 6) is 0.409. The minimum Gasteiger partial charge on any atom is -0.342 e. The Bertz CT molecular complexity index is 1110. The number of carbonyl (C=O) groups is 1. The molecule has 2 heterocycles. The molecule has 1 fully saturated rings. The lowest BCUT2D eigenvalue weighted by atomic mass is 10.1. The minimum atomic E-state index is -0.102. The summed E-state index contributed by atoms with van der Waals surface area (Å²) in [5.41, 5.74) is 3.52. The largest absolute Gasteiger partial charge is 0.342 e. The first-order valence-electron chi connectivity index (χ1n) is 10.5. The molecule has 0 atom stereocenters. The van der Waals surface area contributed by atoms with Gasteiger partial charge in [0.15, 0.2) is 5.16 Å². The van der Waals surface area contributed by atoms with Gasteiger partial charge in [0.25, 0.3) is 5.56 Å². The Hall–Kier alpha value is -2.60. The van der Waals surface area contributed by atoms with Crippen LogP contribution in [0.5, 0.6) is 0 Å². The molecule has 4 rings (SSSR count). The molecule has 0 saturated carbocycles. The maximum absolute atomic E-state index is 13.4. The van der Waals surface area contributed by atoms with Crippen LogP contribution >= 0.6 is 11.8 Å². The van der Waals surface area contributed by atoms with Crippen molar-refractivity contribution in [2.24, 2.45) is 0 Å². The van der Waals surface area contributed by atoms with Gasteiger partial charge in [0.2, 0.25) is 5.91 Å². The zero-order valence-electron chi connectivity index (χ0n) is 17.6. The highest BCUT2D eigenvalue weighted by Crippen LogP contribution is 2.23. The van der Waals surface area contributed by atoms with Crippen molar-refractivity contribution in [3.05, 3.63) is 63.9 Å². The van der Waals surface area contributed by atoms with E-state index in [1.165, 1.54) is 24.6 Å². The highest BCUT2D eigenvalue weighted by molar-refractivity contribution is 7.99. The van der Waals surface area contributed by atoms with Gasteiger partial charge in [-0.05, 0) is 62.1 Å². The van der Waals surface area contributed by atoms with Gasteiger partial charge in [0, 0.05) is 13.1 Å². The van der Waals surface area contributed by atoms with Crippen LogP contribution in [0.15, 0.2) is 52.4 Å². The molecule has 1 aliphatic heterocycles. The molecule has 6 heteroatoms. The number of hydrogen-bond donors (Lipinski definition) is 0. The predicted molar refractivity (Wildman–Crippen MR) is 123 cm³/mol. The van der Waals surface area contributed by atoms with Crippen molar-refractivity contribution in [2.75, 3.05) is 18.8 Å². The number of rotatable bonds is 4. The van der Waals surface area contributed by atoms with E-state index in [2.05, 4.69) is 6.07 Å². The third-order valence-electron chi connectivity index (χ3n) is 5.49. The highest BCUT2D eigenvalue weighted by Gasteiger charge is 2.19.